The Balaban J connectivity index is 2.51. The van der Waals surface area contributed by atoms with E-state index in [1.54, 1.807) is 6.92 Å². The molecule has 0 radical (unpaired) electrons. The SMILES string of the molecule is Cc1ncoc1C(=O)NCC(O)C(=O)O. The van der Waals surface area contributed by atoms with Gasteiger partial charge in [0.05, 0.1) is 12.2 Å². The molecule has 1 aromatic rings. The van der Waals surface area contributed by atoms with Crippen LogP contribution in [0.1, 0.15) is 16.2 Å². The minimum atomic E-state index is -1.63. The van der Waals surface area contributed by atoms with Crippen LogP contribution in [0.15, 0.2) is 10.8 Å². The number of rotatable bonds is 4. The van der Waals surface area contributed by atoms with Gasteiger partial charge in [-0.1, -0.05) is 0 Å². The molecule has 0 saturated heterocycles. The number of aliphatic hydroxyl groups excluding tert-OH is 1. The Hall–Kier alpha value is -1.89. The van der Waals surface area contributed by atoms with E-state index in [4.69, 9.17) is 14.6 Å². The lowest BCUT2D eigenvalue weighted by atomic mass is 10.3. The van der Waals surface area contributed by atoms with Gasteiger partial charge >= 0.3 is 5.97 Å². The van der Waals surface area contributed by atoms with Crippen molar-refractivity contribution in [2.24, 2.45) is 0 Å². The third-order valence-corrected chi connectivity index (χ3v) is 1.69. The molecule has 1 amide bonds. The number of oxazole rings is 1. The Morgan fingerprint density at radius 3 is 2.80 bits per heavy atom. The van der Waals surface area contributed by atoms with E-state index in [2.05, 4.69) is 10.3 Å². The average molecular weight is 214 g/mol. The molecular weight excluding hydrogens is 204 g/mol. The monoisotopic (exact) mass is 214 g/mol. The van der Waals surface area contributed by atoms with Crippen LogP contribution in [0.3, 0.4) is 0 Å². The van der Waals surface area contributed by atoms with E-state index < -0.39 is 18.0 Å². The number of aliphatic hydroxyl groups is 1. The van der Waals surface area contributed by atoms with E-state index in [9.17, 15) is 9.59 Å². The van der Waals surface area contributed by atoms with Crippen molar-refractivity contribution in [3.05, 3.63) is 17.8 Å². The summed E-state index contributed by atoms with van der Waals surface area (Å²) in [5.74, 6) is -2.00. The molecule has 7 nitrogen and oxygen atoms in total. The summed E-state index contributed by atoms with van der Waals surface area (Å²) in [6.07, 6.45) is -0.519. The van der Waals surface area contributed by atoms with Gasteiger partial charge in [-0.25, -0.2) is 9.78 Å². The van der Waals surface area contributed by atoms with Crippen LogP contribution in [-0.4, -0.2) is 39.7 Å². The lowest BCUT2D eigenvalue weighted by molar-refractivity contribution is -0.146. The number of nitrogens with zero attached hydrogens (tertiary/aromatic N) is 1. The number of aliphatic carboxylic acids is 1. The zero-order valence-electron chi connectivity index (χ0n) is 7.93. The number of hydrogen-bond donors (Lipinski definition) is 3. The molecule has 15 heavy (non-hydrogen) atoms. The first-order valence-electron chi connectivity index (χ1n) is 4.11. The highest BCUT2D eigenvalue weighted by atomic mass is 16.4. The topological polar surface area (TPSA) is 113 Å². The summed E-state index contributed by atoms with van der Waals surface area (Å²) in [4.78, 5) is 25.2. The van der Waals surface area contributed by atoms with Crippen molar-refractivity contribution in [2.75, 3.05) is 6.54 Å². The lowest BCUT2D eigenvalue weighted by Gasteiger charge is -2.05. The predicted octanol–water partition coefficient (Wildman–Crippen LogP) is -0.842. The number of hydrogen-bond acceptors (Lipinski definition) is 5. The van der Waals surface area contributed by atoms with Crippen LogP contribution in [0.4, 0.5) is 0 Å². The van der Waals surface area contributed by atoms with E-state index in [1.165, 1.54) is 0 Å². The molecule has 3 N–H and O–H groups in total. The maximum Gasteiger partial charge on any atom is 0.334 e. The molecule has 7 heteroatoms. The van der Waals surface area contributed by atoms with Crippen LogP contribution in [0.2, 0.25) is 0 Å². The molecule has 1 atom stereocenters. The van der Waals surface area contributed by atoms with Gasteiger partial charge in [-0.3, -0.25) is 4.79 Å². The minimum absolute atomic E-state index is 0.00703. The Bertz CT molecular complexity index is 373. The summed E-state index contributed by atoms with van der Waals surface area (Å²) >= 11 is 0. The molecule has 1 aromatic heterocycles. The highest BCUT2D eigenvalue weighted by molar-refractivity contribution is 5.92. The number of carbonyl (C=O) groups is 2. The standard InChI is InChI=1S/C8H10N2O5/c1-4-6(15-3-10-4)7(12)9-2-5(11)8(13)14/h3,5,11H,2H2,1H3,(H,9,12)(H,13,14). The fourth-order valence-electron chi connectivity index (χ4n) is 0.877. The van der Waals surface area contributed by atoms with Crippen molar-refractivity contribution >= 4 is 11.9 Å². The van der Waals surface area contributed by atoms with Crippen LogP contribution in [0, 0.1) is 6.92 Å². The molecule has 0 aliphatic heterocycles. The largest absolute Gasteiger partial charge is 0.479 e. The van der Waals surface area contributed by atoms with Crippen LogP contribution in [0.5, 0.6) is 0 Å². The first kappa shape index (κ1) is 11.2. The van der Waals surface area contributed by atoms with Gasteiger partial charge in [0.15, 0.2) is 12.5 Å². The number of aryl methyl sites for hydroxylation is 1. The van der Waals surface area contributed by atoms with Crippen LogP contribution in [-0.2, 0) is 4.79 Å². The Morgan fingerprint density at radius 2 is 2.33 bits per heavy atom. The van der Waals surface area contributed by atoms with Gasteiger partial charge in [-0.15, -0.1) is 0 Å². The summed E-state index contributed by atoms with van der Waals surface area (Å²) in [5.41, 5.74) is 0.400. The van der Waals surface area contributed by atoms with Gasteiger partial charge in [0, 0.05) is 0 Å². The molecule has 0 spiro atoms. The van der Waals surface area contributed by atoms with Crippen molar-refractivity contribution in [3.8, 4) is 0 Å². The van der Waals surface area contributed by atoms with E-state index >= 15 is 0 Å². The third-order valence-electron chi connectivity index (χ3n) is 1.69. The second-order valence-electron chi connectivity index (χ2n) is 2.83. The molecule has 0 saturated carbocycles. The maximum atomic E-state index is 11.3. The van der Waals surface area contributed by atoms with E-state index in [0.717, 1.165) is 6.39 Å². The molecule has 82 valence electrons. The first-order valence-corrected chi connectivity index (χ1v) is 4.11. The Labute approximate surface area is 84.7 Å². The lowest BCUT2D eigenvalue weighted by Crippen LogP contribution is -2.36. The second kappa shape index (κ2) is 4.56. The molecular formula is C8H10N2O5. The van der Waals surface area contributed by atoms with Crippen LogP contribution >= 0.6 is 0 Å². The number of carboxylic acids is 1. The van der Waals surface area contributed by atoms with E-state index in [1.807, 2.05) is 0 Å². The Kier molecular flexibility index (Phi) is 3.40. The van der Waals surface area contributed by atoms with Crippen molar-refractivity contribution < 1.29 is 24.2 Å². The fourth-order valence-corrected chi connectivity index (χ4v) is 0.877. The van der Waals surface area contributed by atoms with Gasteiger partial charge in [-0.2, -0.15) is 0 Å². The summed E-state index contributed by atoms with van der Waals surface area (Å²) in [7, 11) is 0. The smallest absolute Gasteiger partial charge is 0.334 e. The number of nitrogens with one attached hydrogen (secondary N) is 1. The van der Waals surface area contributed by atoms with Crippen molar-refractivity contribution in [1.29, 1.82) is 0 Å². The molecule has 1 unspecified atom stereocenters. The Morgan fingerprint density at radius 1 is 1.67 bits per heavy atom. The molecule has 0 aliphatic carbocycles. The molecule has 1 heterocycles. The molecule has 0 aliphatic rings. The molecule has 1 rings (SSSR count). The second-order valence-corrected chi connectivity index (χ2v) is 2.83. The highest BCUT2D eigenvalue weighted by Crippen LogP contribution is 2.03. The van der Waals surface area contributed by atoms with Gasteiger partial charge < -0.3 is 19.9 Å². The molecule has 0 fully saturated rings. The van der Waals surface area contributed by atoms with Crippen molar-refractivity contribution in [3.63, 3.8) is 0 Å². The first-order chi connectivity index (χ1) is 7.02. The summed E-state index contributed by atoms with van der Waals surface area (Å²) in [6, 6.07) is 0. The average Bonchev–Trinajstić information content (AvgIpc) is 2.60. The number of carbonyl (C=O) groups excluding carboxylic acids is 1. The summed E-state index contributed by atoms with van der Waals surface area (Å²) in [5, 5.41) is 19.4. The van der Waals surface area contributed by atoms with Crippen LogP contribution in [0.25, 0.3) is 0 Å². The molecule has 0 bridgehead atoms. The zero-order valence-corrected chi connectivity index (χ0v) is 7.93. The third kappa shape index (κ3) is 2.78. The minimum Gasteiger partial charge on any atom is -0.479 e. The quantitative estimate of drug-likeness (QED) is 0.602. The van der Waals surface area contributed by atoms with Gasteiger partial charge in [0.25, 0.3) is 5.91 Å². The van der Waals surface area contributed by atoms with Gasteiger partial charge in [0.2, 0.25) is 5.76 Å². The maximum absolute atomic E-state index is 11.3. The molecule has 0 aromatic carbocycles. The van der Waals surface area contributed by atoms with E-state index in [-0.39, 0.29) is 12.3 Å². The van der Waals surface area contributed by atoms with Crippen molar-refractivity contribution in [2.45, 2.75) is 13.0 Å². The van der Waals surface area contributed by atoms with Gasteiger partial charge in [-0.05, 0) is 6.92 Å². The number of amides is 1. The number of carboxylic acid groups (broad SMARTS) is 1. The van der Waals surface area contributed by atoms with E-state index in [0.29, 0.717) is 5.69 Å². The fraction of sp³-hybridized carbons (Fsp3) is 0.375. The summed E-state index contributed by atoms with van der Waals surface area (Å²) < 4.78 is 4.77. The predicted molar refractivity (Wildman–Crippen MR) is 47.2 cm³/mol. The summed E-state index contributed by atoms with van der Waals surface area (Å²) in [6.45, 7) is 1.19. The zero-order chi connectivity index (χ0) is 11.4. The normalized spacial score (nSPS) is 12.1. The van der Waals surface area contributed by atoms with Crippen molar-refractivity contribution in [1.82, 2.24) is 10.3 Å². The van der Waals surface area contributed by atoms with Crippen LogP contribution < -0.4 is 5.32 Å². The van der Waals surface area contributed by atoms with Gasteiger partial charge in [0.1, 0.15) is 0 Å². The number of aromatic nitrogens is 1. The highest BCUT2D eigenvalue weighted by Gasteiger charge is 2.17.